The summed E-state index contributed by atoms with van der Waals surface area (Å²) in [5.41, 5.74) is 0.401. The van der Waals surface area contributed by atoms with Gasteiger partial charge in [0.15, 0.2) is 0 Å². The molecule has 13 heavy (non-hydrogen) atoms. The third-order valence-electron chi connectivity index (χ3n) is 4.42. The van der Waals surface area contributed by atoms with E-state index in [4.69, 9.17) is 0 Å². The predicted octanol–water partition coefficient (Wildman–Crippen LogP) is 2.58. The summed E-state index contributed by atoms with van der Waals surface area (Å²) in [6, 6.07) is 0. The van der Waals surface area contributed by atoms with Crippen LogP contribution in [0.25, 0.3) is 0 Å². The maximum Gasteiger partial charge on any atom is 0.136 e. The normalized spacial score (nSPS) is 33.9. The molecule has 1 heterocycles. The first-order valence-corrected chi connectivity index (χ1v) is 6.68. The lowest BCUT2D eigenvalue weighted by Crippen LogP contribution is -2.64. The van der Waals surface area contributed by atoms with Crippen molar-refractivity contribution >= 4 is 11.2 Å². The van der Waals surface area contributed by atoms with Crippen LogP contribution in [0.1, 0.15) is 40.5 Å². The van der Waals surface area contributed by atoms with Crippen molar-refractivity contribution in [3.05, 3.63) is 0 Å². The largest absolute Gasteiger partial charge is 0.616 e. The third kappa shape index (κ3) is 0.940. The highest BCUT2D eigenvalue weighted by Crippen LogP contribution is 2.70. The molecule has 2 fully saturated rings. The van der Waals surface area contributed by atoms with Crippen molar-refractivity contribution in [2.75, 3.05) is 5.75 Å². The fourth-order valence-electron chi connectivity index (χ4n) is 3.48. The van der Waals surface area contributed by atoms with Crippen LogP contribution in [0.5, 0.6) is 0 Å². The lowest BCUT2D eigenvalue weighted by Gasteiger charge is -2.55. The van der Waals surface area contributed by atoms with E-state index in [0.717, 1.165) is 5.75 Å². The Morgan fingerprint density at radius 3 is 1.69 bits per heavy atom. The Kier molecular flexibility index (Phi) is 2.02. The Hall–Kier alpha value is 0.310. The summed E-state index contributed by atoms with van der Waals surface area (Å²) in [6.07, 6.45) is 2.44. The lowest BCUT2D eigenvalue weighted by atomic mass is 9.65. The Bertz CT molecular complexity index is 210. The molecule has 1 aliphatic heterocycles. The zero-order valence-electron chi connectivity index (χ0n) is 9.09. The molecular weight excluding hydrogens is 180 g/mol. The van der Waals surface area contributed by atoms with Gasteiger partial charge in [-0.05, 0) is 23.0 Å². The van der Waals surface area contributed by atoms with Crippen LogP contribution < -0.4 is 0 Å². The van der Waals surface area contributed by atoms with Gasteiger partial charge in [0, 0.05) is 12.8 Å². The van der Waals surface area contributed by atoms with E-state index in [2.05, 4.69) is 27.7 Å². The van der Waals surface area contributed by atoms with Crippen LogP contribution in [-0.4, -0.2) is 15.1 Å². The maximum absolute atomic E-state index is 11.8. The highest BCUT2D eigenvalue weighted by atomic mass is 32.2. The lowest BCUT2D eigenvalue weighted by molar-refractivity contribution is 0.0950. The number of rotatable bonds is 2. The second kappa shape index (κ2) is 2.66. The van der Waals surface area contributed by atoms with Crippen LogP contribution in [0.15, 0.2) is 0 Å². The SMILES string of the molecule is CC(C)C1(C(C)C)C[S+]([O-])C12CC2. The summed E-state index contributed by atoms with van der Waals surface area (Å²) in [6.45, 7) is 9.21. The zero-order valence-corrected chi connectivity index (χ0v) is 9.91. The molecule has 1 saturated heterocycles. The molecule has 2 rings (SSSR count). The van der Waals surface area contributed by atoms with Crippen molar-refractivity contribution in [2.24, 2.45) is 17.3 Å². The average Bonchev–Trinajstić information content (AvgIpc) is 2.78. The molecule has 0 aromatic carbocycles. The van der Waals surface area contributed by atoms with Gasteiger partial charge in [0.2, 0.25) is 0 Å². The molecule has 1 atom stereocenters. The van der Waals surface area contributed by atoms with Gasteiger partial charge in [-0.25, -0.2) is 0 Å². The molecule has 0 N–H and O–H groups in total. The van der Waals surface area contributed by atoms with E-state index in [1.807, 2.05) is 0 Å². The Morgan fingerprint density at radius 2 is 1.54 bits per heavy atom. The van der Waals surface area contributed by atoms with Crippen LogP contribution in [-0.2, 0) is 11.2 Å². The van der Waals surface area contributed by atoms with Crippen molar-refractivity contribution < 1.29 is 4.55 Å². The first-order valence-electron chi connectivity index (χ1n) is 5.36. The standard InChI is InChI=1S/C11H20OS/c1-8(2)11(9(3)4)7-13(12)10(11)5-6-10/h8-9H,5-7H2,1-4H3. The first-order chi connectivity index (χ1) is 5.97. The van der Waals surface area contributed by atoms with Crippen molar-refractivity contribution in [2.45, 2.75) is 45.3 Å². The summed E-state index contributed by atoms with van der Waals surface area (Å²) >= 11 is -0.502. The van der Waals surface area contributed by atoms with Crippen LogP contribution >= 0.6 is 0 Å². The number of hydrogen-bond acceptors (Lipinski definition) is 1. The van der Waals surface area contributed by atoms with Gasteiger partial charge < -0.3 is 4.55 Å². The molecule has 0 aromatic heterocycles. The highest BCUT2D eigenvalue weighted by molar-refractivity contribution is 7.94. The first kappa shape index (κ1) is 9.85. The minimum atomic E-state index is -0.502. The van der Waals surface area contributed by atoms with Gasteiger partial charge in [-0.2, -0.15) is 0 Å². The van der Waals surface area contributed by atoms with Crippen molar-refractivity contribution in [3.8, 4) is 0 Å². The highest BCUT2D eigenvalue weighted by Gasteiger charge is 2.78. The minimum absolute atomic E-state index is 0.259. The van der Waals surface area contributed by atoms with Gasteiger partial charge in [0.25, 0.3) is 0 Å². The fourth-order valence-corrected chi connectivity index (χ4v) is 6.41. The molecule has 1 saturated carbocycles. The van der Waals surface area contributed by atoms with E-state index >= 15 is 0 Å². The van der Waals surface area contributed by atoms with Gasteiger partial charge in [0.1, 0.15) is 10.5 Å². The Balaban J connectivity index is 2.27. The molecule has 2 heteroatoms. The molecule has 0 radical (unpaired) electrons. The van der Waals surface area contributed by atoms with Gasteiger partial charge in [-0.1, -0.05) is 27.7 Å². The van der Waals surface area contributed by atoms with Gasteiger partial charge in [0.05, 0.1) is 5.41 Å². The Labute approximate surface area is 84.5 Å². The Morgan fingerprint density at radius 1 is 1.08 bits per heavy atom. The third-order valence-corrected chi connectivity index (χ3v) is 6.82. The molecule has 1 spiro atoms. The van der Waals surface area contributed by atoms with E-state index in [-0.39, 0.29) is 4.75 Å². The molecule has 2 aliphatic rings. The average molecular weight is 200 g/mol. The van der Waals surface area contributed by atoms with E-state index in [1.165, 1.54) is 12.8 Å². The molecule has 0 bridgehead atoms. The van der Waals surface area contributed by atoms with Gasteiger partial charge in [-0.3, -0.25) is 0 Å². The van der Waals surface area contributed by atoms with Crippen LogP contribution in [0.2, 0.25) is 0 Å². The van der Waals surface area contributed by atoms with Gasteiger partial charge >= 0.3 is 0 Å². The smallest absolute Gasteiger partial charge is 0.136 e. The summed E-state index contributed by atoms with van der Waals surface area (Å²) < 4.78 is 12.0. The van der Waals surface area contributed by atoms with Gasteiger partial charge in [-0.15, -0.1) is 0 Å². The van der Waals surface area contributed by atoms with E-state index < -0.39 is 11.2 Å². The summed E-state index contributed by atoms with van der Waals surface area (Å²) in [7, 11) is 0. The monoisotopic (exact) mass is 200 g/mol. The topological polar surface area (TPSA) is 23.1 Å². The fraction of sp³-hybridized carbons (Fsp3) is 1.00. The minimum Gasteiger partial charge on any atom is -0.616 e. The summed E-state index contributed by atoms with van der Waals surface area (Å²) in [5.74, 6) is 2.34. The number of hydrogen-bond donors (Lipinski definition) is 0. The second-order valence-electron chi connectivity index (χ2n) is 5.33. The summed E-state index contributed by atoms with van der Waals surface area (Å²) in [4.78, 5) is 0. The molecule has 1 aliphatic carbocycles. The zero-order chi connectivity index (χ0) is 9.85. The summed E-state index contributed by atoms with van der Waals surface area (Å²) in [5, 5.41) is 0. The van der Waals surface area contributed by atoms with Crippen molar-refractivity contribution in [1.29, 1.82) is 0 Å². The predicted molar refractivity (Wildman–Crippen MR) is 57.1 cm³/mol. The van der Waals surface area contributed by atoms with Crippen molar-refractivity contribution in [3.63, 3.8) is 0 Å². The molecular formula is C11H20OS. The second-order valence-corrected chi connectivity index (χ2v) is 7.10. The molecule has 0 aromatic rings. The van der Waals surface area contributed by atoms with Crippen LogP contribution in [0.4, 0.5) is 0 Å². The van der Waals surface area contributed by atoms with E-state index in [9.17, 15) is 4.55 Å². The molecule has 1 unspecified atom stereocenters. The quantitative estimate of drug-likeness (QED) is 0.628. The molecule has 76 valence electrons. The van der Waals surface area contributed by atoms with Crippen molar-refractivity contribution in [1.82, 2.24) is 0 Å². The maximum atomic E-state index is 11.8. The van der Waals surface area contributed by atoms with Crippen LogP contribution in [0.3, 0.4) is 0 Å². The molecule has 0 amide bonds. The molecule has 1 nitrogen and oxygen atoms in total. The van der Waals surface area contributed by atoms with Crippen LogP contribution in [0, 0.1) is 17.3 Å². The van der Waals surface area contributed by atoms with E-state index in [0.29, 0.717) is 17.3 Å². The van der Waals surface area contributed by atoms with E-state index in [1.54, 1.807) is 0 Å².